The van der Waals surface area contributed by atoms with Crippen molar-refractivity contribution in [1.82, 2.24) is 9.80 Å². The minimum Gasteiger partial charge on any atom is -0.493 e. The number of aryl methyl sites for hydroxylation is 1. The lowest BCUT2D eigenvalue weighted by molar-refractivity contribution is -0.159. The minimum absolute atomic E-state index is 0.0850. The molecule has 0 bridgehead atoms. The van der Waals surface area contributed by atoms with Crippen LogP contribution in [0, 0.1) is 5.92 Å². The highest BCUT2D eigenvalue weighted by Gasteiger charge is 2.41. The second kappa shape index (κ2) is 19.3. The Kier molecular flexibility index (Phi) is 14.0. The van der Waals surface area contributed by atoms with Crippen LogP contribution in [0.3, 0.4) is 0 Å². The van der Waals surface area contributed by atoms with Gasteiger partial charge in [-0.15, -0.1) is 0 Å². The lowest BCUT2D eigenvalue weighted by atomic mass is 9.91. The second-order valence-electron chi connectivity index (χ2n) is 14.4. The maximum Gasteiger partial charge on any atom is 0.329 e. The molecule has 1 saturated carbocycles. The molecule has 1 amide bonds. The number of likely N-dealkylation sites (tertiary alicyclic amines) is 1. The normalized spacial score (nSPS) is 18.3. The molecular weight excluding hydrogens is 704 g/mol. The molecule has 3 aromatic carbocycles. The third-order valence-corrected chi connectivity index (χ3v) is 10.9. The van der Waals surface area contributed by atoms with Crippen molar-refractivity contribution in [2.45, 2.75) is 63.0 Å². The Hall–Kier alpha value is -4.68. The highest BCUT2D eigenvalue weighted by atomic mass is 16.5. The minimum atomic E-state index is -0.701. The summed E-state index contributed by atoms with van der Waals surface area (Å²) in [5.74, 6) is 2.94. The summed E-state index contributed by atoms with van der Waals surface area (Å²) in [5.41, 5.74) is 2.63. The van der Waals surface area contributed by atoms with Crippen LogP contribution in [0.15, 0.2) is 54.6 Å². The predicted molar refractivity (Wildman–Crippen MR) is 207 cm³/mol. The summed E-state index contributed by atoms with van der Waals surface area (Å²) in [6, 6.07) is 16.6. The number of carbonyl (C=O) groups excluding carboxylic acids is 2. The quantitative estimate of drug-likeness (QED) is 0.130. The number of rotatable bonds is 19. The summed E-state index contributed by atoms with van der Waals surface area (Å²) >= 11 is 0. The summed E-state index contributed by atoms with van der Waals surface area (Å²) < 4.78 is 46.0. The molecule has 55 heavy (non-hydrogen) atoms. The summed E-state index contributed by atoms with van der Waals surface area (Å²) in [4.78, 5) is 32.9. The van der Waals surface area contributed by atoms with Gasteiger partial charge in [-0.05, 0) is 91.1 Å². The standard InChI is InChI=1S/C43H56N2O10/c1-48-37-16-14-30(25-38(37)49-2)13-15-36(31-8-6-9-33(26-31)54-23-20-44-18-21-53-22-19-44)55-43(47)35-10-7-17-45(35)42(46)34(24-29-11-12-29)32-27-39(50-3)41(52-5)40(28-32)51-4/h6,8-9,14,16,25-29,34-36H,7,10-13,15,17-24H2,1-5H3/t34-,35-,36?/m0/s1. The molecule has 12 nitrogen and oxygen atoms in total. The average molecular weight is 761 g/mol. The fourth-order valence-corrected chi connectivity index (χ4v) is 7.61. The van der Waals surface area contributed by atoms with Crippen molar-refractivity contribution in [3.8, 4) is 34.5 Å². The van der Waals surface area contributed by atoms with Crippen LogP contribution in [0.4, 0.5) is 0 Å². The number of hydrogen-bond acceptors (Lipinski definition) is 11. The van der Waals surface area contributed by atoms with E-state index in [1.165, 1.54) is 0 Å². The molecule has 3 aliphatic rings. The van der Waals surface area contributed by atoms with E-state index < -0.39 is 24.0 Å². The number of benzene rings is 3. The van der Waals surface area contributed by atoms with Gasteiger partial charge in [-0.3, -0.25) is 9.69 Å². The molecular formula is C43H56N2O10. The Bertz CT molecular complexity index is 1720. The van der Waals surface area contributed by atoms with Gasteiger partial charge < -0.3 is 42.8 Å². The lowest BCUT2D eigenvalue weighted by Crippen LogP contribution is -2.44. The Balaban J connectivity index is 1.22. The monoisotopic (exact) mass is 760 g/mol. The van der Waals surface area contributed by atoms with Gasteiger partial charge in [0, 0.05) is 26.2 Å². The first-order chi connectivity index (χ1) is 26.8. The van der Waals surface area contributed by atoms with Crippen molar-refractivity contribution in [2.24, 2.45) is 5.92 Å². The molecule has 2 aliphatic heterocycles. The van der Waals surface area contributed by atoms with Crippen molar-refractivity contribution in [1.29, 1.82) is 0 Å². The molecule has 298 valence electrons. The summed E-state index contributed by atoms with van der Waals surface area (Å²) in [7, 11) is 7.92. The first kappa shape index (κ1) is 40.0. The molecule has 0 N–H and O–H groups in total. The van der Waals surface area contributed by atoms with Crippen LogP contribution in [0.2, 0.25) is 0 Å². The third kappa shape index (κ3) is 10.1. The van der Waals surface area contributed by atoms with Gasteiger partial charge in [-0.1, -0.05) is 31.0 Å². The Morgan fingerprint density at radius 3 is 2.18 bits per heavy atom. The highest BCUT2D eigenvalue weighted by molar-refractivity contribution is 5.89. The number of esters is 1. The van der Waals surface area contributed by atoms with E-state index >= 15 is 0 Å². The lowest BCUT2D eigenvalue weighted by Gasteiger charge is -2.30. The smallest absolute Gasteiger partial charge is 0.329 e. The van der Waals surface area contributed by atoms with Crippen molar-refractivity contribution in [2.75, 3.05) is 81.5 Å². The van der Waals surface area contributed by atoms with Crippen LogP contribution in [0.1, 0.15) is 67.2 Å². The van der Waals surface area contributed by atoms with Crippen LogP contribution >= 0.6 is 0 Å². The maximum atomic E-state index is 14.6. The van der Waals surface area contributed by atoms with E-state index in [1.54, 1.807) is 40.4 Å². The SMILES string of the molecule is COc1ccc(CCC(OC(=O)[C@@H]2CCCN2C(=O)[C@@H](CC2CC2)c2cc(OC)c(OC)c(OC)c2)c2cccc(OCCN3CCOCC3)c2)cc1OC. The maximum absolute atomic E-state index is 14.6. The Morgan fingerprint density at radius 1 is 0.782 bits per heavy atom. The van der Waals surface area contributed by atoms with E-state index in [0.29, 0.717) is 85.7 Å². The van der Waals surface area contributed by atoms with Crippen molar-refractivity contribution in [3.05, 3.63) is 71.3 Å². The number of amides is 1. The molecule has 3 fully saturated rings. The molecule has 0 radical (unpaired) electrons. The van der Waals surface area contributed by atoms with E-state index in [2.05, 4.69) is 4.90 Å². The largest absolute Gasteiger partial charge is 0.493 e. The summed E-state index contributed by atoms with van der Waals surface area (Å²) in [6.07, 6.45) is 4.62. The number of ether oxygens (including phenoxy) is 8. The van der Waals surface area contributed by atoms with Gasteiger partial charge in [-0.2, -0.15) is 0 Å². The van der Waals surface area contributed by atoms with Gasteiger partial charge in [-0.25, -0.2) is 4.79 Å². The topological polar surface area (TPSA) is 114 Å². The number of carbonyl (C=O) groups is 2. The van der Waals surface area contributed by atoms with Gasteiger partial charge >= 0.3 is 5.97 Å². The number of methoxy groups -OCH3 is 5. The molecule has 2 heterocycles. The third-order valence-electron chi connectivity index (χ3n) is 10.9. The van der Waals surface area contributed by atoms with E-state index in [1.807, 2.05) is 54.6 Å². The zero-order valence-corrected chi connectivity index (χ0v) is 32.9. The van der Waals surface area contributed by atoms with E-state index in [9.17, 15) is 9.59 Å². The zero-order chi connectivity index (χ0) is 38.7. The van der Waals surface area contributed by atoms with Gasteiger partial charge in [0.05, 0.1) is 54.7 Å². The van der Waals surface area contributed by atoms with Crippen molar-refractivity contribution < 1.29 is 47.5 Å². The fraction of sp³-hybridized carbons (Fsp3) is 0.535. The average Bonchev–Trinajstić information content (AvgIpc) is 3.92. The first-order valence-electron chi connectivity index (χ1n) is 19.4. The number of hydrogen-bond donors (Lipinski definition) is 0. The molecule has 3 atom stereocenters. The Labute approximate surface area is 324 Å². The molecule has 0 spiro atoms. The number of nitrogens with zero attached hydrogens (tertiary/aromatic N) is 2. The van der Waals surface area contributed by atoms with Crippen molar-refractivity contribution in [3.63, 3.8) is 0 Å². The zero-order valence-electron chi connectivity index (χ0n) is 32.9. The van der Waals surface area contributed by atoms with E-state index in [4.69, 9.17) is 37.9 Å². The van der Waals surface area contributed by atoms with Crippen LogP contribution in [-0.4, -0.2) is 109 Å². The Morgan fingerprint density at radius 2 is 1.51 bits per heavy atom. The van der Waals surface area contributed by atoms with Crippen LogP contribution in [0.5, 0.6) is 34.5 Å². The molecule has 3 aromatic rings. The van der Waals surface area contributed by atoms with E-state index in [-0.39, 0.29) is 5.91 Å². The first-order valence-corrected chi connectivity index (χ1v) is 19.4. The van der Waals surface area contributed by atoms with Gasteiger partial charge in [0.2, 0.25) is 11.7 Å². The second-order valence-corrected chi connectivity index (χ2v) is 14.4. The van der Waals surface area contributed by atoms with Gasteiger partial charge in [0.1, 0.15) is 24.5 Å². The van der Waals surface area contributed by atoms with Crippen LogP contribution in [0.25, 0.3) is 0 Å². The molecule has 0 aromatic heterocycles. The summed E-state index contributed by atoms with van der Waals surface area (Å²) in [5, 5.41) is 0. The van der Waals surface area contributed by atoms with Crippen LogP contribution < -0.4 is 28.4 Å². The highest BCUT2D eigenvalue weighted by Crippen LogP contribution is 2.45. The molecule has 6 rings (SSSR count). The molecule has 12 heteroatoms. The number of morpholine rings is 1. The van der Waals surface area contributed by atoms with Crippen LogP contribution in [-0.2, 0) is 25.5 Å². The molecule has 1 aliphatic carbocycles. The van der Waals surface area contributed by atoms with Crippen molar-refractivity contribution >= 4 is 11.9 Å². The van der Waals surface area contributed by atoms with Gasteiger partial charge in [0.25, 0.3) is 0 Å². The predicted octanol–water partition coefficient (Wildman–Crippen LogP) is 6.23. The molecule has 1 unspecified atom stereocenters. The van der Waals surface area contributed by atoms with Gasteiger partial charge in [0.15, 0.2) is 23.0 Å². The molecule has 2 saturated heterocycles. The van der Waals surface area contributed by atoms with E-state index in [0.717, 1.165) is 62.4 Å². The summed E-state index contributed by atoms with van der Waals surface area (Å²) in [6.45, 7) is 5.07. The fourth-order valence-electron chi connectivity index (χ4n) is 7.61.